The van der Waals surface area contributed by atoms with Crippen molar-refractivity contribution in [1.29, 1.82) is 0 Å². The normalized spacial score (nSPS) is 13.9. The number of anilines is 1. The molecule has 0 saturated carbocycles. The molecule has 0 bridgehead atoms. The predicted octanol–water partition coefficient (Wildman–Crippen LogP) is 3.31. The molecule has 118 valence electrons. The molecule has 0 aromatic heterocycles. The molecule has 4 nitrogen and oxygen atoms in total. The number of hydrogen-bond acceptors (Lipinski definition) is 2. The highest BCUT2D eigenvalue weighted by Crippen LogP contribution is 2.16. The van der Waals surface area contributed by atoms with Crippen LogP contribution in [0.2, 0.25) is 0 Å². The van der Waals surface area contributed by atoms with Gasteiger partial charge in [-0.3, -0.25) is 9.59 Å². The highest BCUT2D eigenvalue weighted by molar-refractivity contribution is 6.05. The van der Waals surface area contributed by atoms with Gasteiger partial charge in [-0.15, -0.1) is 0 Å². The van der Waals surface area contributed by atoms with Gasteiger partial charge in [0.2, 0.25) is 0 Å². The lowest BCUT2D eigenvalue weighted by Gasteiger charge is -2.15. The maximum atomic E-state index is 13.5. The van der Waals surface area contributed by atoms with E-state index in [1.807, 2.05) is 4.90 Å². The number of carbonyl (C=O) groups is 2. The average molecular weight is 312 g/mol. The van der Waals surface area contributed by atoms with Crippen molar-refractivity contribution < 1.29 is 14.0 Å². The van der Waals surface area contributed by atoms with Gasteiger partial charge in [-0.2, -0.15) is 0 Å². The third-order valence-corrected chi connectivity index (χ3v) is 3.91. The van der Waals surface area contributed by atoms with E-state index in [2.05, 4.69) is 5.32 Å². The van der Waals surface area contributed by atoms with Gasteiger partial charge in [0.1, 0.15) is 5.82 Å². The molecular weight excluding hydrogens is 295 g/mol. The molecule has 1 aliphatic rings. The number of nitrogens with one attached hydrogen (secondary N) is 1. The fraction of sp³-hybridized carbons (Fsp3) is 0.222. The lowest BCUT2D eigenvalue weighted by atomic mass is 10.1. The first-order chi connectivity index (χ1) is 11.1. The molecular formula is C18H17FN2O2. The van der Waals surface area contributed by atoms with E-state index in [0.717, 1.165) is 25.9 Å². The largest absolute Gasteiger partial charge is 0.339 e. The smallest absolute Gasteiger partial charge is 0.255 e. The van der Waals surface area contributed by atoms with E-state index in [1.165, 1.54) is 12.1 Å². The summed E-state index contributed by atoms with van der Waals surface area (Å²) in [7, 11) is 0. The van der Waals surface area contributed by atoms with Crippen LogP contribution < -0.4 is 5.32 Å². The van der Waals surface area contributed by atoms with Crippen LogP contribution in [0.25, 0.3) is 0 Å². The summed E-state index contributed by atoms with van der Waals surface area (Å²) in [6.07, 6.45) is 2.07. The van der Waals surface area contributed by atoms with Crippen molar-refractivity contribution in [2.24, 2.45) is 0 Å². The Kier molecular flexibility index (Phi) is 4.37. The minimum Gasteiger partial charge on any atom is -0.339 e. The van der Waals surface area contributed by atoms with E-state index in [-0.39, 0.29) is 11.6 Å². The summed E-state index contributed by atoms with van der Waals surface area (Å²) < 4.78 is 13.5. The molecule has 1 fully saturated rings. The van der Waals surface area contributed by atoms with Crippen LogP contribution in [0.4, 0.5) is 10.1 Å². The fourth-order valence-corrected chi connectivity index (χ4v) is 2.62. The molecule has 23 heavy (non-hydrogen) atoms. The molecule has 2 aromatic carbocycles. The van der Waals surface area contributed by atoms with Gasteiger partial charge in [0.15, 0.2) is 0 Å². The molecule has 0 radical (unpaired) electrons. The highest BCUT2D eigenvalue weighted by Gasteiger charge is 2.19. The summed E-state index contributed by atoms with van der Waals surface area (Å²) in [5, 5.41) is 2.52. The van der Waals surface area contributed by atoms with Crippen LogP contribution in [-0.4, -0.2) is 29.8 Å². The van der Waals surface area contributed by atoms with Crippen LogP contribution in [0.15, 0.2) is 48.5 Å². The third kappa shape index (κ3) is 3.39. The van der Waals surface area contributed by atoms with Gasteiger partial charge in [-0.25, -0.2) is 4.39 Å². The molecule has 0 atom stereocenters. The van der Waals surface area contributed by atoms with Crippen molar-refractivity contribution in [3.63, 3.8) is 0 Å². The van der Waals surface area contributed by atoms with Crippen molar-refractivity contribution in [1.82, 2.24) is 4.90 Å². The van der Waals surface area contributed by atoms with E-state index in [9.17, 15) is 14.0 Å². The number of halogens is 1. The van der Waals surface area contributed by atoms with Crippen LogP contribution in [0, 0.1) is 5.82 Å². The Hall–Kier alpha value is -2.69. The van der Waals surface area contributed by atoms with E-state index in [4.69, 9.17) is 0 Å². The number of para-hydroxylation sites is 1. The summed E-state index contributed by atoms with van der Waals surface area (Å²) >= 11 is 0. The molecule has 0 aliphatic carbocycles. The van der Waals surface area contributed by atoms with Gasteiger partial charge in [0, 0.05) is 24.2 Å². The molecule has 1 N–H and O–H groups in total. The van der Waals surface area contributed by atoms with Crippen LogP contribution in [0.1, 0.15) is 33.6 Å². The molecule has 1 heterocycles. The average Bonchev–Trinajstić information content (AvgIpc) is 3.11. The topological polar surface area (TPSA) is 49.4 Å². The van der Waals surface area contributed by atoms with Crippen molar-refractivity contribution in [3.05, 3.63) is 65.5 Å². The number of carbonyl (C=O) groups excluding carboxylic acids is 2. The van der Waals surface area contributed by atoms with Crippen LogP contribution in [0.3, 0.4) is 0 Å². The second kappa shape index (κ2) is 6.60. The van der Waals surface area contributed by atoms with Gasteiger partial charge >= 0.3 is 0 Å². The Morgan fingerprint density at radius 1 is 0.913 bits per heavy atom. The van der Waals surface area contributed by atoms with Crippen molar-refractivity contribution >= 4 is 17.5 Å². The summed E-state index contributed by atoms with van der Waals surface area (Å²) in [6.45, 7) is 1.57. The zero-order valence-electron chi connectivity index (χ0n) is 12.6. The van der Waals surface area contributed by atoms with E-state index < -0.39 is 11.7 Å². The number of amides is 2. The fourth-order valence-electron chi connectivity index (χ4n) is 2.62. The number of hydrogen-bond donors (Lipinski definition) is 1. The zero-order chi connectivity index (χ0) is 16.2. The molecule has 1 aliphatic heterocycles. The first kappa shape index (κ1) is 15.2. The molecule has 5 heteroatoms. The Morgan fingerprint density at radius 3 is 2.17 bits per heavy atom. The molecule has 1 saturated heterocycles. The Balaban J connectivity index is 1.70. The standard InChI is InChI=1S/C18H17FN2O2/c19-15-5-1-2-6-16(15)20-17(22)13-7-9-14(10-8-13)18(23)21-11-3-4-12-21/h1-2,5-10H,3-4,11-12H2,(H,20,22). The quantitative estimate of drug-likeness (QED) is 0.945. The summed E-state index contributed by atoms with van der Waals surface area (Å²) in [5.41, 5.74) is 1.08. The molecule has 0 unspecified atom stereocenters. The third-order valence-electron chi connectivity index (χ3n) is 3.91. The van der Waals surface area contributed by atoms with Crippen LogP contribution in [-0.2, 0) is 0 Å². The number of rotatable bonds is 3. The SMILES string of the molecule is O=C(Nc1ccccc1F)c1ccc(C(=O)N2CCCC2)cc1. The zero-order valence-corrected chi connectivity index (χ0v) is 12.6. The van der Waals surface area contributed by atoms with Crippen LogP contribution in [0.5, 0.6) is 0 Å². The number of likely N-dealkylation sites (tertiary alicyclic amines) is 1. The van der Waals surface area contributed by atoms with E-state index in [1.54, 1.807) is 36.4 Å². The molecule has 2 aromatic rings. The highest BCUT2D eigenvalue weighted by atomic mass is 19.1. The lowest BCUT2D eigenvalue weighted by molar-refractivity contribution is 0.0792. The summed E-state index contributed by atoms with van der Waals surface area (Å²) in [6, 6.07) is 12.4. The van der Waals surface area contributed by atoms with E-state index >= 15 is 0 Å². The van der Waals surface area contributed by atoms with Crippen LogP contribution >= 0.6 is 0 Å². The molecule has 2 amide bonds. The maximum Gasteiger partial charge on any atom is 0.255 e. The van der Waals surface area contributed by atoms with Crippen molar-refractivity contribution in [3.8, 4) is 0 Å². The Morgan fingerprint density at radius 2 is 1.52 bits per heavy atom. The van der Waals surface area contributed by atoms with Crippen molar-refractivity contribution in [2.45, 2.75) is 12.8 Å². The summed E-state index contributed by atoms with van der Waals surface area (Å²) in [4.78, 5) is 26.2. The minimum atomic E-state index is -0.485. The maximum absolute atomic E-state index is 13.5. The van der Waals surface area contributed by atoms with Gasteiger partial charge < -0.3 is 10.2 Å². The number of benzene rings is 2. The summed E-state index contributed by atoms with van der Waals surface area (Å²) in [5.74, 6) is -0.902. The minimum absolute atomic E-state index is 0.0106. The predicted molar refractivity (Wildman–Crippen MR) is 85.9 cm³/mol. The molecule has 0 spiro atoms. The lowest BCUT2D eigenvalue weighted by Crippen LogP contribution is -2.27. The van der Waals surface area contributed by atoms with Gasteiger partial charge in [0.25, 0.3) is 11.8 Å². The van der Waals surface area contributed by atoms with E-state index in [0.29, 0.717) is 11.1 Å². The Labute approximate surface area is 133 Å². The van der Waals surface area contributed by atoms with Crippen molar-refractivity contribution in [2.75, 3.05) is 18.4 Å². The van der Waals surface area contributed by atoms with Gasteiger partial charge in [0.05, 0.1) is 5.69 Å². The second-order valence-electron chi connectivity index (χ2n) is 5.51. The molecule has 3 rings (SSSR count). The Bertz CT molecular complexity index is 722. The van der Waals surface area contributed by atoms with Gasteiger partial charge in [-0.05, 0) is 49.2 Å². The number of nitrogens with zero attached hydrogens (tertiary/aromatic N) is 1. The second-order valence-corrected chi connectivity index (χ2v) is 5.51. The first-order valence-electron chi connectivity index (χ1n) is 7.60. The monoisotopic (exact) mass is 312 g/mol. The van der Waals surface area contributed by atoms with Gasteiger partial charge in [-0.1, -0.05) is 12.1 Å². The first-order valence-corrected chi connectivity index (χ1v) is 7.60.